The maximum atomic E-state index is 12.0. The Kier molecular flexibility index (Phi) is 4.52. The first kappa shape index (κ1) is 15.2. The normalized spacial score (nSPS) is 10.2. The van der Waals surface area contributed by atoms with Crippen molar-refractivity contribution in [2.75, 3.05) is 6.61 Å². The number of nitrogens with two attached hydrogens (primary N) is 1. The molecular weight excluding hydrogens is 290 g/mol. The second kappa shape index (κ2) is 6.53. The lowest BCUT2D eigenvalue weighted by atomic mass is 10.2. The van der Waals surface area contributed by atoms with Gasteiger partial charge in [0.2, 0.25) is 0 Å². The van der Waals surface area contributed by atoms with E-state index in [-0.39, 0.29) is 18.8 Å². The summed E-state index contributed by atoms with van der Waals surface area (Å²) in [5, 5.41) is 10.8. The van der Waals surface area contributed by atoms with E-state index in [1.807, 2.05) is 6.07 Å². The molecule has 0 radical (unpaired) electrons. The van der Waals surface area contributed by atoms with Crippen molar-refractivity contribution >= 4 is 11.6 Å². The molecule has 0 bridgehead atoms. The summed E-state index contributed by atoms with van der Waals surface area (Å²) in [6, 6.07) is 9.77. The van der Waals surface area contributed by atoms with Gasteiger partial charge in [0.15, 0.2) is 0 Å². The van der Waals surface area contributed by atoms with E-state index in [4.69, 9.17) is 10.5 Å². The Bertz CT molecular complexity index is 755. The number of aromatic nitrogens is 1. The molecule has 114 valence electrons. The van der Waals surface area contributed by atoms with E-state index >= 15 is 0 Å². The van der Waals surface area contributed by atoms with Crippen LogP contribution in [0.25, 0.3) is 0 Å². The Labute approximate surface area is 124 Å². The van der Waals surface area contributed by atoms with Crippen LogP contribution < -0.4 is 16.0 Å². The third kappa shape index (κ3) is 3.48. The maximum Gasteiger partial charge on any atom is 0.286 e. The number of pyridine rings is 1. The molecule has 0 aliphatic rings. The summed E-state index contributed by atoms with van der Waals surface area (Å²) in [6.07, 6.45) is 1.06. The van der Waals surface area contributed by atoms with Gasteiger partial charge >= 0.3 is 0 Å². The lowest BCUT2D eigenvalue weighted by Gasteiger charge is -2.09. The molecule has 22 heavy (non-hydrogen) atoms. The summed E-state index contributed by atoms with van der Waals surface area (Å²) in [5.74, 6) is -0.400. The molecule has 0 aliphatic heterocycles. The standard InChI is InChI=1S/C14H13N3O5/c15-13(18)12-8-10(17(20)21)9-16(14(12)19)6-7-22-11-4-2-1-3-5-11/h1-5,8-9H,6-7H2,(H2,15,18). The second-order valence-electron chi connectivity index (χ2n) is 4.39. The molecule has 0 saturated carbocycles. The van der Waals surface area contributed by atoms with Crippen molar-refractivity contribution in [2.45, 2.75) is 6.54 Å². The highest BCUT2D eigenvalue weighted by molar-refractivity contribution is 5.92. The molecule has 2 N–H and O–H groups in total. The van der Waals surface area contributed by atoms with Gasteiger partial charge in [0.05, 0.1) is 17.7 Å². The number of amides is 1. The maximum absolute atomic E-state index is 12.0. The molecule has 2 rings (SSSR count). The molecular formula is C14H13N3O5. The monoisotopic (exact) mass is 303 g/mol. The number of rotatable bonds is 6. The van der Waals surface area contributed by atoms with E-state index in [9.17, 15) is 19.7 Å². The third-order valence-corrected chi connectivity index (χ3v) is 2.89. The minimum atomic E-state index is -1.01. The van der Waals surface area contributed by atoms with Gasteiger partial charge in [-0.1, -0.05) is 18.2 Å². The van der Waals surface area contributed by atoms with Crippen LogP contribution in [0.4, 0.5) is 5.69 Å². The SMILES string of the molecule is NC(=O)c1cc([N+](=O)[O-])cn(CCOc2ccccc2)c1=O. The van der Waals surface area contributed by atoms with Crippen LogP contribution in [0.2, 0.25) is 0 Å². The number of hydrogen-bond acceptors (Lipinski definition) is 5. The summed E-state index contributed by atoms with van der Waals surface area (Å²) < 4.78 is 6.46. The van der Waals surface area contributed by atoms with Gasteiger partial charge in [0.1, 0.15) is 17.9 Å². The van der Waals surface area contributed by atoms with Crippen molar-refractivity contribution in [2.24, 2.45) is 5.73 Å². The van der Waals surface area contributed by atoms with Crippen LogP contribution in [0.5, 0.6) is 5.75 Å². The fourth-order valence-electron chi connectivity index (χ4n) is 1.84. The van der Waals surface area contributed by atoms with Gasteiger partial charge in [0, 0.05) is 6.07 Å². The summed E-state index contributed by atoms with van der Waals surface area (Å²) in [5.41, 5.74) is 3.58. The highest BCUT2D eigenvalue weighted by atomic mass is 16.6. The van der Waals surface area contributed by atoms with Crippen LogP contribution in [0, 0.1) is 10.1 Å². The molecule has 1 heterocycles. The van der Waals surface area contributed by atoms with Crippen molar-refractivity contribution in [3.05, 3.63) is 68.6 Å². The molecule has 8 nitrogen and oxygen atoms in total. The molecule has 1 aromatic carbocycles. The quantitative estimate of drug-likeness (QED) is 0.629. The van der Waals surface area contributed by atoms with Gasteiger partial charge < -0.3 is 15.0 Å². The fraction of sp³-hybridized carbons (Fsp3) is 0.143. The topological polar surface area (TPSA) is 117 Å². The highest BCUT2D eigenvalue weighted by Gasteiger charge is 2.17. The number of nitro groups is 1. The number of benzene rings is 1. The Balaban J connectivity index is 2.21. The van der Waals surface area contributed by atoms with Crippen molar-refractivity contribution < 1.29 is 14.5 Å². The molecule has 0 aliphatic carbocycles. The Morgan fingerprint density at radius 1 is 1.32 bits per heavy atom. The number of ether oxygens (including phenoxy) is 1. The Hall–Kier alpha value is -3.16. The summed E-state index contributed by atoms with van der Waals surface area (Å²) in [7, 11) is 0. The molecule has 0 atom stereocenters. The zero-order valence-corrected chi connectivity index (χ0v) is 11.5. The van der Waals surface area contributed by atoms with Crippen molar-refractivity contribution in [1.29, 1.82) is 0 Å². The fourth-order valence-corrected chi connectivity index (χ4v) is 1.84. The largest absolute Gasteiger partial charge is 0.492 e. The molecule has 1 aromatic heterocycles. The third-order valence-electron chi connectivity index (χ3n) is 2.89. The smallest absolute Gasteiger partial charge is 0.286 e. The zero-order valence-electron chi connectivity index (χ0n) is 11.5. The average Bonchev–Trinajstić information content (AvgIpc) is 2.49. The lowest BCUT2D eigenvalue weighted by molar-refractivity contribution is -0.385. The highest BCUT2D eigenvalue weighted by Crippen LogP contribution is 2.11. The lowest BCUT2D eigenvalue weighted by Crippen LogP contribution is -2.31. The van der Waals surface area contributed by atoms with Gasteiger partial charge in [0.25, 0.3) is 17.2 Å². The molecule has 1 amide bonds. The number of nitrogens with zero attached hydrogens (tertiary/aromatic N) is 2. The number of para-hydroxylation sites is 1. The van der Waals surface area contributed by atoms with Gasteiger partial charge in [-0.25, -0.2) is 0 Å². The second-order valence-corrected chi connectivity index (χ2v) is 4.39. The van der Waals surface area contributed by atoms with Crippen LogP contribution in [-0.2, 0) is 6.54 Å². The van der Waals surface area contributed by atoms with E-state index in [0.29, 0.717) is 5.75 Å². The van der Waals surface area contributed by atoms with Gasteiger partial charge in [-0.15, -0.1) is 0 Å². The van der Waals surface area contributed by atoms with Crippen molar-refractivity contribution in [3.8, 4) is 5.75 Å². The van der Waals surface area contributed by atoms with Crippen LogP contribution in [-0.4, -0.2) is 22.0 Å². The first-order valence-electron chi connectivity index (χ1n) is 6.35. The minimum absolute atomic E-state index is 0.0513. The van der Waals surface area contributed by atoms with Crippen LogP contribution in [0.15, 0.2) is 47.4 Å². The van der Waals surface area contributed by atoms with Crippen molar-refractivity contribution in [3.63, 3.8) is 0 Å². The Morgan fingerprint density at radius 2 is 2.00 bits per heavy atom. The number of hydrogen-bond donors (Lipinski definition) is 1. The van der Waals surface area contributed by atoms with Crippen LogP contribution >= 0.6 is 0 Å². The van der Waals surface area contributed by atoms with Gasteiger partial charge in [-0.3, -0.25) is 19.7 Å². The number of carbonyl (C=O) groups is 1. The first-order chi connectivity index (χ1) is 10.5. The molecule has 8 heteroatoms. The van der Waals surface area contributed by atoms with E-state index in [0.717, 1.165) is 16.8 Å². The molecule has 0 spiro atoms. The summed E-state index contributed by atoms with van der Waals surface area (Å²) in [4.78, 5) is 33.4. The first-order valence-corrected chi connectivity index (χ1v) is 6.35. The van der Waals surface area contributed by atoms with E-state index in [1.165, 1.54) is 0 Å². The van der Waals surface area contributed by atoms with Crippen LogP contribution in [0.3, 0.4) is 0 Å². The van der Waals surface area contributed by atoms with Gasteiger partial charge in [-0.2, -0.15) is 0 Å². The molecule has 0 fully saturated rings. The van der Waals surface area contributed by atoms with Crippen LogP contribution in [0.1, 0.15) is 10.4 Å². The Morgan fingerprint density at radius 3 is 2.59 bits per heavy atom. The van der Waals surface area contributed by atoms with Gasteiger partial charge in [-0.05, 0) is 12.1 Å². The number of primary amides is 1. The van der Waals surface area contributed by atoms with E-state index in [2.05, 4.69) is 0 Å². The van der Waals surface area contributed by atoms with Crippen molar-refractivity contribution in [1.82, 2.24) is 4.57 Å². The summed E-state index contributed by atoms with van der Waals surface area (Å²) >= 11 is 0. The van der Waals surface area contributed by atoms with E-state index in [1.54, 1.807) is 24.3 Å². The molecule has 0 saturated heterocycles. The zero-order chi connectivity index (χ0) is 16.1. The van der Waals surface area contributed by atoms with E-state index < -0.39 is 22.0 Å². The number of carbonyl (C=O) groups excluding carboxylic acids is 1. The predicted molar refractivity (Wildman–Crippen MR) is 77.8 cm³/mol. The minimum Gasteiger partial charge on any atom is -0.492 e. The average molecular weight is 303 g/mol. The molecule has 2 aromatic rings. The summed E-state index contributed by atoms with van der Waals surface area (Å²) in [6.45, 7) is 0.166. The molecule has 0 unspecified atom stereocenters. The predicted octanol–water partition coefficient (Wildman–Crippen LogP) is 0.934.